The first-order chi connectivity index (χ1) is 10.2. The van der Waals surface area contributed by atoms with Gasteiger partial charge in [-0.25, -0.2) is 4.79 Å². The Hall–Kier alpha value is -2.13. The minimum absolute atomic E-state index is 0.372. The molecule has 2 atom stereocenters. The standard InChI is InChI=1S/C18H17NO2/c20-18(21)13-5-3-4-12(10-13)11-19-16-8-9-17(19)15-7-2-1-6-14(15)16/h1-7,10,16-17H,8-9,11H2,(H,20,21). The molecule has 2 heterocycles. The van der Waals surface area contributed by atoms with E-state index in [2.05, 4.69) is 29.2 Å². The summed E-state index contributed by atoms with van der Waals surface area (Å²) in [4.78, 5) is 13.6. The third kappa shape index (κ3) is 1.96. The van der Waals surface area contributed by atoms with Crippen LogP contribution in [0.3, 0.4) is 0 Å². The van der Waals surface area contributed by atoms with E-state index in [0.717, 1.165) is 12.1 Å². The SMILES string of the molecule is O=C(O)c1cccc(CN2C3CCC2c2ccccc23)c1. The Balaban J connectivity index is 1.63. The first-order valence-electron chi connectivity index (χ1n) is 7.41. The molecule has 0 saturated carbocycles. The number of aromatic carboxylic acids is 1. The lowest BCUT2D eigenvalue weighted by atomic mass is 9.92. The molecule has 2 unspecified atom stereocenters. The zero-order valence-electron chi connectivity index (χ0n) is 11.7. The van der Waals surface area contributed by atoms with Crippen molar-refractivity contribution in [2.75, 3.05) is 0 Å². The molecule has 0 amide bonds. The number of fused-ring (bicyclic) bond motifs is 5. The number of benzene rings is 2. The van der Waals surface area contributed by atoms with Crippen molar-refractivity contribution in [3.63, 3.8) is 0 Å². The molecule has 1 N–H and O–H groups in total. The van der Waals surface area contributed by atoms with Gasteiger partial charge >= 0.3 is 5.97 Å². The fraction of sp³-hybridized carbons (Fsp3) is 0.278. The first-order valence-corrected chi connectivity index (χ1v) is 7.41. The van der Waals surface area contributed by atoms with Crippen LogP contribution in [0, 0.1) is 0 Å². The highest BCUT2D eigenvalue weighted by atomic mass is 16.4. The van der Waals surface area contributed by atoms with E-state index in [1.54, 1.807) is 12.1 Å². The number of rotatable bonds is 3. The molecule has 106 valence electrons. The molecule has 1 saturated heterocycles. The molecule has 0 aromatic heterocycles. The molecule has 21 heavy (non-hydrogen) atoms. The molecule has 4 rings (SSSR count). The molecule has 2 aromatic carbocycles. The zero-order chi connectivity index (χ0) is 14.4. The highest BCUT2D eigenvalue weighted by Gasteiger charge is 2.43. The maximum Gasteiger partial charge on any atom is 0.335 e. The third-order valence-corrected chi connectivity index (χ3v) is 4.77. The predicted octanol–water partition coefficient (Wildman–Crippen LogP) is 3.78. The zero-order valence-corrected chi connectivity index (χ0v) is 11.7. The van der Waals surface area contributed by atoms with Crippen LogP contribution in [0.4, 0.5) is 0 Å². The van der Waals surface area contributed by atoms with E-state index < -0.39 is 5.97 Å². The minimum Gasteiger partial charge on any atom is -0.478 e. The van der Waals surface area contributed by atoms with Crippen molar-refractivity contribution in [1.29, 1.82) is 0 Å². The van der Waals surface area contributed by atoms with Crippen LogP contribution in [0.1, 0.15) is 52.0 Å². The number of carboxylic acid groups (broad SMARTS) is 1. The Bertz CT molecular complexity index is 679. The van der Waals surface area contributed by atoms with Crippen LogP contribution in [0.2, 0.25) is 0 Å². The summed E-state index contributed by atoms with van der Waals surface area (Å²) in [5.74, 6) is -0.857. The lowest BCUT2D eigenvalue weighted by molar-refractivity contribution is 0.0696. The van der Waals surface area contributed by atoms with Gasteiger partial charge in [-0.05, 0) is 41.7 Å². The molecule has 2 aromatic rings. The summed E-state index contributed by atoms with van der Waals surface area (Å²) in [6.45, 7) is 0.825. The number of carboxylic acids is 1. The van der Waals surface area contributed by atoms with E-state index in [1.165, 1.54) is 24.0 Å². The summed E-state index contributed by atoms with van der Waals surface area (Å²) in [5, 5.41) is 9.11. The van der Waals surface area contributed by atoms with Gasteiger partial charge in [-0.3, -0.25) is 4.90 Å². The van der Waals surface area contributed by atoms with Gasteiger partial charge in [-0.1, -0.05) is 36.4 Å². The summed E-state index contributed by atoms with van der Waals surface area (Å²) in [6, 6.07) is 17.0. The fourth-order valence-electron chi connectivity index (χ4n) is 3.88. The second-order valence-electron chi connectivity index (χ2n) is 5.92. The molecule has 0 spiro atoms. The van der Waals surface area contributed by atoms with Crippen LogP contribution in [0.15, 0.2) is 48.5 Å². The molecule has 3 heteroatoms. The molecule has 3 nitrogen and oxygen atoms in total. The van der Waals surface area contributed by atoms with Crippen molar-refractivity contribution < 1.29 is 9.90 Å². The molecular weight excluding hydrogens is 262 g/mol. The van der Waals surface area contributed by atoms with Crippen molar-refractivity contribution in [3.05, 3.63) is 70.8 Å². The summed E-state index contributed by atoms with van der Waals surface area (Å²) < 4.78 is 0. The normalized spacial score (nSPS) is 23.2. The average Bonchev–Trinajstić information content (AvgIpc) is 3.03. The van der Waals surface area contributed by atoms with E-state index in [-0.39, 0.29) is 0 Å². The summed E-state index contributed by atoms with van der Waals surface area (Å²) >= 11 is 0. The Kier molecular flexibility index (Phi) is 2.82. The molecule has 2 bridgehead atoms. The molecule has 1 fully saturated rings. The van der Waals surface area contributed by atoms with E-state index in [1.807, 2.05) is 12.1 Å². The van der Waals surface area contributed by atoms with Crippen LogP contribution in [-0.2, 0) is 6.54 Å². The largest absolute Gasteiger partial charge is 0.478 e. The lowest BCUT2D eigenvalue weighted by Crippen LogP contribution is -2.19. The van der Waals surface area contributed by atoms with Crippen molar-refractivity contribution in [1.82, 2.24) is 4.90 Å². The molecule has 0 radical (unpaired) electrons. The second-order valence-corrected chi connectivity index (χ2v) is 5.92. The molecular formula is C18H17NO2. The number of hydrogen-bond acceptors (Lipinski definition) is 2. The van der Waals surface area contributed by atoms with Gasteiger partial charge in [0.2, 0.25) is 0 Å². The fourth-order valence-corrected chi connectivity index (χ4v) is 3.88. The van der Waals surface area contributed by atoms with Gasteiger partial charge in [0, 0.05) is 18.6 Å². The van der Waals surface area contributed by atoms with Gasteiger partial charge in [-0.15, -0.1) is 0 Å². The average molecular weight is 279 g/mol. The number of nitrogens with zero attached hydrogens (tertiary/aromatic N) is 1. The van der Waals surface area contributed by atoms with Crippen molar-refractivity contribution in [3.8, 4) is 0 Å². The number of carbonyl (C=O) groups is 1. The van der Waals surface area contributed by atoms with E-state index in [4.69, 9.17) is 5.11 Å². The highest BCUT2D eigenvalue weighted by Crippen LogP contribution is 2.53. The summed E-state index contributed by atoms with van der Waals surface area (Å²) in [7, 11) is 0. The monoisotopic (exact) mass is 279 g/mol. The number of hydrogen-bond donors (Lipinski definition) is 1. The quantitative estimate of drug-likeness (QED) is 0.929. The van der Waals surface area contributed by atoms with Gasteiger partial charge in [0.1, 0.15) is 0 Å². The van der Waals surface area contributed by atoms with Gasteiger partial charge in [0.05, 0.1) is 5.56 Å². The van der Waals surface area contributed by atoms with Crippen molar-refractivity contribution >= 4 is 5.97 Å². The van der Waals surface area contributed by atoms with Crippen molar-refractivity contribution in [2.24, 2.45) is 0 Å². The van der Waals surface area contributed by atoms with Crippen molar-refractivity contribution in [2.45, 2.75) is 31.5 Å². The van der Waals surface area contributed by atoms with Gasteiger partial charge < -0.3 is 5.11 Å². The van der Waals surface area contributed by atoms with Crippen LogP contribution >= 0.6 is 0 Å². The Morgan fingerprint density at radius 1 is 1.05 bits per heavy atom. The highest BCUT2D eigenvalue weighted by molar-refractivity contribution is 5.87. The second kappa shape index (κ2) is 4.71. The molecule has 2 aliphatic rings. The van der Waals surface area contributed by atoms with Crippen LogP contribution in [0.25, 0.3) is 0 Å². The van der Waals surface area contributed by atoms with E-state index in [9.17, 15) is 4.79 Å². The van der Waals surface area contributed by atoms with Crippen LogP contribution < -0.4 is 0 Å². The van der Waals surface area contributed by atoms with Gasteiger partial charge in [0.15, 0.2) is 0 Å². The lowest BCUT2D eigenvalue weighted by Gasteiger charge is -2.22. The van der Waals surface area contributed by atoms with E-state index in [0.29, 0.717) is 17.6 Å². The molecule has 0 aliphatic carbocycles. The molecule has 2 aliphatic heterocycles. The predicted molar refractivity (Wildman–Crippen MR) is 80.1 cm³/mol. The third-order valence-electron chi connectivity index (χ3n) is 4.77. The van der Waals surface area contributed by atoms with E-state index >= 15 is 0 Å². The topological polar surface area (TPSA) is 40.5 Å². The summed E-state index contributed by atoms with van der Waals surface area (Å²) in [5.41, 5.74) is 4.38. The first kappa shape index (κ1) is 12.6. The minimum atomic E-state index is -0.857. The van der Waals surface area contributed by atoms with Crippen LogP contribution in [-0.4, -0.2) is 16.0 Å². The smallest absolute Gasteiger partial charge is 0.335 e. The Morgan fingerprint density at radius 3 is 2.33 bits per heavy atom. The Labute approximate surface area is 123 Å². The Morgan fingerprint density at radius 2 is 1.71 bits per heavy atom. The van der Waals surface area contributed by atoms with Gasteiger partial charge in [-0.2, -0.15) is 0 Å². The maximum atomic E-state index is 11.1. The van der Waals surface area contributed by atoms with Gasteiger partial charge in [0.25, 0.3) is 0 Å². The summed E-state index contributed by atoms with van der Waals surface area (Å²) in [6.07, 6.45) is 2.42. The van der Waals surface area contributed by atoms with Crippen LogP contribution in [0.5, 0.6) is 0 Å². The maximum absolute atomic E-state index is 11.1.